The Morgan fingerprint density at radius 2 is 2.07 bits per heavy atom. The number of benzene rings is 1. The second-order valence-electron chi connectivity index (χ2n) is 2.94. The molecular formula is C10H6O5. The molecule has 5 heteroatoms. The number of phenols is 1. The minimum atomic E-state index is -1.21. The van der Waals surface area contributed by atoms with Gasteiger partial charge in [0.2, 0.25) is 0 Å². The van der Waals surface area contributed by atoms with E-state index in [1.807, 2.05) is 0 Å². The molecule has 0 fully saturated rings. The molecule has 0 aliphatic rings. The van der Waals surface area contributed by atoms with Crippen molar-refractivity contribution in [3.8, 4) is 5.75 Å². The van der Waals surface area contributed by atoms with E-state index >= 15 is 0 Å². The topological polar surface area (TPSA) is 87.7 Å². The van der Waals surface area contributed by atoms with E-state index in [1.54, 1.807) is 0 Å². The molecule has 0 amide bonds. The maximum atomic E-state index is 11.3. The summed E-state index contributed by atoms with van der Waals surface area (Å²) in [5, 5.41) is 18.3. The first kappa shape index (κ1) is 9.26. The van der Waals surface area contributed by atoms with Gasteiger partial charge < -0.3 is 14.6 Å². The fourth-order valence-electron chi connectivity index (χ4n) is 1.38. The Kier molecular flexibility index (Phi) is 1.93. The largest absolute Gasteiger partial charge is 0.507 e. The summed E-state index contributed by atoms with van der Waals surface area (Å²) in [5.41, 5.74) is -0.909. The van der Waals surface area contributed by atoms with E-state index in [1.165, 1.54) is 18.2 Å². The Hall–Kier alpha value is -2.30. The van der Waals surface area contributed by atoms with Crippen molar-refractivity contribution in [2.75, 3.05) is 0 Å². The standard InChI is InChI=1S/C10H6O5/c11-7-3-1-2-5-6(9(12)13)4-15-10(14)8(5)7/h1-4,11H,(H,12,13). The zero-order chi connectivity index (χ0) is 11.0. The van der Waals surface area contributed by atoms with Gasteiger partial charge in [-0.25, -0.2) is 9.59 Å². The normalized spacial score (nSPS) is 10.4. The molecule has 0 spiro atoms. The van der Waals surface area contributed by atoms with Gasteiger partial charge in [0.1, 0.15) is 23.0 Å². The molecule has 0 unspecified atom stereocenters. The molecular weight excluding hydrogens is 200 g/mol. The van der Waals surface area contributed by atoms with Gasteiger partial charge in [-0.2, -0.15) is 0 Å². The van der Waals surface area contributed by atoms with Gasteiger partial charge in [0.15, 0.2) is 0 Å². The highest BCUT2D eigenvalue weighted by molar-refractivity contribution is 6.04. The zero-order valence-corrected chi connectivity index (χ0v) is 7.43. The van der Waals surface area contributed by atoms with E-state index < -0.39 is 11.6 Å². The fraction of sp³-hybridized carbons (Fsp3) is 0. The van der Waals surface area contributed by atoms with Crippen LogP contribution in [-0.2, 0) is 0 Å². The van der Waals surface area contributed by atoms with E-state index in [2.05, 4.69) is 4.42 Å². The first-order chi connectivity index (χ1) is 7.11. The van der Waals surface area contributed by atoms with Crippen LogP contribution >= 0.6 is 0 Å². The summed E-state index contributed by atoms with van der Waals surface area (Å²) in [7, 11) is 0. The highest BCUT2D eigenvalue weighted by atomic mass is 16.4. The molecule has 0 saturated heterocycles. The number of hydrogen-bond donors (Lipinski definition) is 2. The number of carbonyl (C=O) groups is 1. The molecule has 5 nitrogen and oxygen atoms in total. The lowest BCUT2D eigenvalue weighted by Gasteiger charge is -2.01. The zero-order valence-electron chi connectivity index (χ0n) is 7.43. The first-order valence-corrected chi connectivity index (χ1v) is 4.08. The number of phenolic OH excluding ortho intramolecular Hbond substituents is 1. The molecule has 1 aromatic heterocycles. The Labute approximate surface area is 83.2 Å². The number of carboxylic acid groups (broad SMARTS) is 1. The Morgan fingerprint density at radius 1 is 1.33 bits per heavy atom. The molecule has 1 heterocycles. The summed E-state index contributed by atoms with van der Waals surface area (Å²) in [5.74, 6) is -1.50. The lowest BCUT2D eigenvalue weighted by Crippen LogP contribution is -2.05. The smallest absolute Gasteiger partial charge is 0.347 e. The summed E-state index contributed by atoms with van der Waals surface area (Å²) in [6.07, 6.45) is 0.867. The number of carboxylic acids is 1. The Morgan fingerprint density at radius 3 is 2.73 bits per heavy atom. The van der Waals surface area contributed by atoms with Gasteiger partial charge in [-0.1, -0.05) is 12.1 Å². The summed E-state index contributed by atoms with van der Waals surface area (Å²) < 4.78 is 4.52. The maximum absolute atomic E-state index is 11.3. The minimum absolute atomic E-state index is 0.114. The summed E-state index contributed by atoms with van der Waals surface area (Å²) >= 11 is 0. The molecule has 0 saturated carbocycles. The van der Waals surface area contributed by atoms with E-state index in [4.69, 9.17) is 5.11 Å². The van der Waals surface area contributed by atoms with Crippen molar-refractivity contribution in [2.24, 2.45) is 0 Å². The second kappa shape index (κ2) is 3.13. The third-order valence-electron chi connectivity index (χ3n) is 2.05. The second-order valence-corrected chi connectivity index (χ2v) is 2.94. The number of rotatable bonds is 1. The molecule has 2 aromatic rings. The van der Waals surface area contributed by atoms with Crippen LogP contribution in [0.3, 0.4) is 0 Å². The first-order valence-electron chi connectivity index (χ1n) is 4.08. The van der Waals surface area contributed by atoms with Crippen molar-refractivity contribution in [2.45, 2.75) is 0 Å². The molecule has 2 N–H and O–H groups in total. The van der Waals surface area contributed by atoms with Crippen LogP contribution in [-0.4, -0.2) is 16.2 Å². The summed E-state index contributed by atoms with van der Waals surface area (Å²) in [6, 6.07) is 4.20. The van der Waals surface area contributed by atoms with E-state index in [-0.39, 0.29) is 22.1 Å². The summed E-state index contributed by atoms with van der Waals surface area (Å²) in [4.78, 5) is 22.0. The van der Waals surface area contributed by atoms with Crippen LogP contribution in [0.5, 0.6) is 5.75 Å². The van der Waals surface area contributed by atoms with E-state index in [0.717, 1.165) is 6.26 Å². The highest BCUT2D eigenvalue weighted by Gasteiger charge is 2.14. The van der Waals surface area contributed by atoms with Crippen molar-refractivity contribution in [1.29, 1.82) is 0 Å². The molecule has 76 valence electrons. The predicted octanol–water partition coefficient (Wildman–Crippen LogP) is 1.20. The fourth-order valence-corrected chi connectivity index (χ4v) is 1.38. The average molecular weight is 206 g/mol. The van der Waals surface area contributed by atoms with Gasteiger partial charge in [-0.05, 0) is 6.07 Å². The van der Waals surface area contributed by atoms with Gasteiger partial charge in [-0.15, -0.1) is 0 Å². The SMILES string of the molecule is O=C(O)c1coc(=O)c2c(O)cccc12. The lowest BCUT2D eigenvalue weighted by molar-refractivity contribution is 0.0696. The molecule has 0 atom stereocenters. The van der Waals surface area contributed by atoms with Gasteiger partial charge in [-0.3, -0.25) is 0 Å². The van der Waals surface area contributed by atoms with E-state index in [0.29, 0.717) is 0 Å². The third kappa shape index (κ3) is 1.34. The van der Waals surface area contributed by atoms with Gasteiger partial charge in [0, 0.05) is 5.39 Å². The lowest BCUT2D eigenvalue weighted by atomic mass is 10.1. The predicted molar refractivity (Wildman–Crippen MR) is 51.1 cm³/mol. The highest BCUT2D eigenvalue weighted by Crippen LogP contribution is 2.23. The molecule has 15 heavy (non-hydrogen) atoms. The average Bonchev–Trinajstić information content (AvgIpc) is 2.17. The van der Waals surface area contributed by atoms with Crippen LogP contribution in [0.2, 0.25) is 0 Å². The van der Waals surface area contributed by atoms with Crippen LogP contribution in [0.1, 0.15) is 10.4 Å². The number of aromatic hydroxyl groups is 1. The van der Waals surface area contributed by atoms with Gasteiger partial charge in [0.25, 0.3) is 0 Å². The van der Waals surface area contributed by atoms with Gasteiger partial charge in [0.05, 0.1) is 0 Å². The molecule has 0 aliphatic heterocycles. The number of hydrogen-bond acceptors (Lipinski definition) is 4. The Bertz CT molecular complexity index is 596. The molecule has 2 rings (SSSR count). The molecule has 1 aromatic carbocycles. The maximum Gasteiger partial charge on any atom is 0.347 e. The Balaban J connectivity index is 3.01. The van der Waals surface area contributed by atoms with Crippen molar-refractivity contribution in [3.63, 3.8) is 0 Å². The van der Waals surface area contributed by atoms with Crippen molar-refractivity contribution in [3.05, 3.63) is 40.4 Å². The molecule has 0 bridgehead atoms. The van der Waals surface area contributed by atoms with Crippen LogP contribution < -0.4 is 5.63 Å². The van der Waals surface area contributed by atoms with Crippen molar-refractivity contribution >= 4 is 16.7 Å². The van der Waals surface area contributed by atoms with Crippen LogP contribution in [0, 0.1) is 0 Å². The third-order valence-corrected chi connectivity index (χ3v) is 2.05. The molecule has 0 aliphatic carbocycles. The van der Waals surface area contributed by atoms with Crippen LogP contribution in [0.15, 0.2) is 33.7 Å². The van der Waals surface area contributed by atoms with Gasteiger partial charge >= 0.3 is 11.6 Å². The van der Waals surface area contributed by atoms with Crippen molar-refractivity contribution < 1.29 is 19.4 Å². The minimum Gasteiger partial charge on any atom is -0.507 e. The van der Waals surface area contributed by atoms with E-state index in [9.17, 15) is 14.7 Å². The number of fused-ring (bicyclic) bond motifs is 1. The monoisotopic (exact) mass is 206 g/mol. The van der Waals surface area contributed by atoms with Crippen LogP contribution in [0.25, 0.3) is 10.8 Å². The van der Waals surface area contributed by atoms with Crippen molar-refractivity contribution in [1.82, 2.24) is 0 Å². The molecule has 0 radical (unpaired) electrons. The quantitative estimate of drug-likeness (QED) is 0.731. The summed E-state index contributed by atoms with van der Waals surface area (Å²) in [6.45, 7) is 0. The van der Waals surface area contributed by atoms with Crippen LogP contribution in [0.4, 0.5) is 0 Å². The number of aromatic carboxylic acids is 1.